The van der Waals surface area contributed by atoms with E-state index in [0.29, 0.717) is 32.7 Å². The topological polar surface area (TPSA) is 84.0 Å². The van der Waals surface area contributed by atoms with E-state index in [2.05, 4.69) is 4.18 Å². The third kappa shape index (κ3) is 5.77. The van der Waals surface area contributed by atoms with Gasteiger partial charge in [0.15, 0.2) is 0 Å². The molecule has 7 nitrogen and oxygen atoms in total. The largest absolute Gasteiger partial charge is 0.298 e. The zero-order valence-electron chi connectivity index (χ0n) is 9.99. The Kier molecular flexibility index (Phi) is 4.90. The summed E-state index contributed by atoms with van der Waals surface area (Å²) in [6, 6.07) is 0. The molecule has 0 bridgehead atoms. The molecule has 0 amide bonds. The third-order valence-electron chi connectivity index (χ3n) is 2.51. The Hall–Kier alpha value is -0.220. The normalized spacial score (nSPS) is 20.6. The molecule has 0 unspecified atom stereocenters. The fourth-order valence-electron chi connectivity index (χ4n) is 1.60. The summed E-state index contributed by atoms with van der Waals surface area (Å²) < 4.78 is 50.0. The van der Waals surface area contributed by atoms with E-state index >= 15 is 0 Å². The zero-order valence-corrected chi connectivity index (χ0v) is 11.6. The molecule has 17 heavy (non-hydrogen) atoms. The van der Waals surface area contributed by atoms with Gasteiger partial charge in [0, 0.05) is 32.7 Å². The minimum absolute atomic E-state index is 0.109. The van der Waals surface area contributed by atoms with Crippen molar-refractivity contribution in [2.45, 2.75) is 0 Å². The number of piperazine rings is 1. The summed E-state index contributed by atoms with van der Waals surface area (Å²) in [6.45, 7) is 2.68. The van der Waals surface area contributed by atoms with Crippen LogP contribution in [0.4, 0.5) is 0 Å². The molecular weight excluding hydrogens is 268 g/mol. The zero-order chi connectivity index (χ0) is 13.1. The van der Waals surface area contributed by atoms with Crippen molar-refractivity contribution in [2.24, 2.45) is 0 Å². The van der Waals surface area contributed by atoms with Crippen molar-refractivity contribution in [3.8, 4) is 0 Å². The second-order valence-electron chi connectivity index (χ2n) is 4.03. The molecule has 1 aliphatic rings. The summed E-state index contributed by atoms with van der Waals surface area (Å²) in [6.07, 6.45) is 2.20. The molecule has 0 aliphatic carbocycles. The third-order valence-corrected chi connectivity index (χ3v) is 4.40. The van der Waals surface area contributed by atoms with Crippen molar-refractivity contribution < 1.29 is 21.0 Å². The standard InChI is InChI=1S/C8H18N2O5S2/c1-16(11,12)10-5-3-9(4-6-10)7-8-15-17(2,13)14/h3-8H2,1-2H3. The molecule has 0 spiro atoms. The Morgan fingerprint density at radius 3 is 1.94 bits per heavy atom. The van der Waals surface area contributed by atoms with E-state index < -0.39 is 20.1 Å². The highest BCUT2D eigenvalue weighted by Gasteiger charge is 2.23. The van der Waals surface area contributed by atoms with Gasteiger partial charge in [-0.2, -0.15) is 12.7 Å². The average Bonchev–Trinajstić information content (AvgIpc) is 2.15. The molecule has 0 aromatic rings. The van der Waals surface area contributed by atoms with E-state index in [-0.39, 0.29) is 6.61 Å². The Morgan fingerprint density at radius 1 is 1.00 bits per heavy atom. The minimum atomic E-state index is -3.39. The maximum absolute atomic E-state index is 11.2. The van der Waals surface area contributed by atoms with Crippen LogP contribution in [0.25, 0.3) is 0 Å². The number of nitrogens with zero attached hydrogens (tertiary/aromatic N) is 2. The number of hydrogen-bond acceptors (Lipinski definition) is 6. The highest BCUT2D eigenvalue weighted by atomic mass is 32.2. The first-order valence-electron chi connectivity index (χ1n) is 5.20. The van der Waals surface area contributed by atoms with Gasteiger partial charge in [-0.1, -0.05) is 0 Å². The number of rotatable bonds is 5. The Balaban J connectivity index is 2.29. The van der Waals surface area contributed by atoms with E-state index in [0.717, 1.165) is 6.26 Å². The molecule has 0 aromatic heterocycles. The lowest BCUT2D eigenvalue weighted by atomic mass is 10.4. The second kappa shape index (κ2) is 5.61. The monoisotopic (exact) mass is 286 g/mol. The summed E-state index contributed by atoms with van der Waals surface area (Å²) in [4.78, 5) is 1.98. The highest BCUT2D eigenvalue weighted by Crippen LogP contribution is 2.05. The van der Waals surface area contributed by atoms with Crippen molar-refractivity contribution >= 4 is 20.1 Å². The lowest BCUT2D eigenvalue weighted by Crippen LogP contribution is -2.49. The van der Waals surface area contributed by atoms with E-state index in [4.69, 9.17) is 0 Å². The predicted molar refractivity (Wildman–Crippen MR) is 63.7 cm³/mol. The van der Waals surface area contributed by atoms with E-state index in [1.165, 1.54) is 10.6 Å². The molecule has 1 saturated heterocycles. The molecule has 1 fully saturated rings. The van der Waals surface area contributed by atoms with Gasteiger partial charge in [-0.3, -0.25) is 9.08 Å². The molecule has 1 heterocycles. The van der Waals surface area contributed by atoms with Gasteiger partial charge in [-0.05, 0) is 0 Å². The van der Waals surface area contributed by atoms with Crippen LogP contribution in [-0.4, -0.2) is 77.9 Å². The van der Waals surface area contributed by atoms with Gasteiger partial charge in [0.2, 0.25) is 10.0 Å². The van der Waals surface area contributed by atoms with Crippen molar-refractivity contribution in [3.05, 3.63) is 0 Å². The van der Waals surface area contributed by atoms with Gasteiger partial charge in [-0.25, -0.2) is 8.42 Å². The molecular formula is C8H18N2O5S2. The summed E-state index contributed by atoms with van der Waals surface area (Å²) in [5.41, 5.74) is 0. The van der Waals surface area contributed by atoms with E-state index in [1.807, 2.05) is 4.90 Å². The van der Waals surface area contributed by atoms with Crippen LogP contribution < -0.4 is 0 Å². The van der Waals surface area contributed by atoms with Crippen molar-refractivity contribution in [3.63, 3.8) is 0 Å². The molecule has 0 aromatic carbocycles. The van der Waals surface area contributed by atoms with Gasteiger partial charge >= 0.3 is 0 Å². The van der Waals surface area contributed by atoms with Gasteiger partial charge in [0.1, 0.15) is 0 Å². The first-order valence-corrected chi connectivity index (χ1v) is 8.87. The van der Waals surface area contributed by atoms with Gasteiger partial charge in [0.05, 0.1) is 19.1 Å². The second-order valence-corrected chi connectivity index (χ2v) is 7.66. The van der Waals surface area contributed by atoms with Gasteiger partial charge < -0.3 is 0 Å². The molecule has 0 atom stereocenters. The van der Waals surface area contributed by atoms with E-state index in [1.54, 1.807) is 0 Å². The molecule has 0 N–H and O–H groups in total. The van der Waals surface area contributed by atoms with Crippen LogP contribution in [0.2, 0.25) is 0 Å². The van der Waals surface area contributed by atoms with Crippen LogP contribution in [0.15, 0.2) is 0 Å². The molecule has 1 aliphatic heterocycles. The smallest absolute Gasteiger partial charge is 0.264 e. The van der Waals surface area contributed by atoms with Crippen LogP contribution in [0, 0.1) is 0 Å². The maximum Gasteiger partial charge on any atom is 0.264 e. The SMILES string of the molecule is CS(=O)(=O)OCCN1CCN(S(C)(=O)=O)CC1. The first-order chi connectivity index (χ1) is 7.68. The Morgan fingerprint density at radius 2 is 1.53 bits per heavy atom. The maximum atomic E-state index is 11.2. The summed E-state index contributed by atoms with van der Waals surface area (Å²) in [5.74, 6) is 0. The van der Waals surface area contributed by atoms with E-state index in [9.17, 15) is 16.8 Å². The van der Waals surface area contributed by atoms with Crippen molar-refractivity contribution in [1.82, 2.24) is 9.21 Å². The fourth-order valence-corrected chi connectivity index (χ4v) is 2.81. The lowest BCUT2D eigenvalue weighted by molar-refractivity contribution is 0.161. The van der Waals surface area contributed by atoms with Gasteiger partial charge in [-0.15, -0.1) is 0 Å². The van der Waals surface area contributed by atoms with Crippen LogP contribution in [-0.2, 0) is 24.3 Å². The van der Waals surface area contributed by atoms with Crippen molar-refractivity contribution in [1.29, 1.82) is 0 Å². The van der Waals surface area contributed by atoms with Crippen LogP contribution in [0.3, 0.4) is 0 Å². The average molecular weight is 286 g/mol. The van der Waals surface area contributed by atoms with Gasteiger partial charge in [0.25, 0.3) is 10.1 Å². The Bertz CT molecular complexity index is 434. The van der Waals surface area contributed by atoms with Crippen LogP contribution in [0.5, 0.6) is 0 Å². The number of hydrogen-bond donors (Lipinski definition) is 0. The first kappa shape index (κ1) is 14.8. The molecule has 102 valence electrons. The fraction of sp³-hybridized carbons (Fsp3) is 1.00. The molecule has 0 saturated carbocycles. The number of sulfonamides is 1. The van der Waals surface area contributed by atoms with Crippen LogP contribution in [0.1, 0.15) is 0 Å². The Labute approximate surface area is 103 Å². The molecule has 0 radical (unpaired) electrons. The quantitative estimate of drug-likeness (QED) is 0.574. The molecule has 1 rings (SSSR count). The van der Waals surface area contributed by atoms with Crippen LogP contribution >= 0.6 is 0 Å². The summed E-state index contributed by atoms with van der Waals surface area (Å²) in [7, 11) is -6.51. The van der Waals surface area contributed by atoms with Crippen molar-refractivity contribution in [2.75, 3.05) is 51.8 Å². The summed E-state index contributed by atoms with van der Waals surface area (Å²) in [5, 5.41) is 0. The minimum Gasteiger partial charge on any atom is -0.298 e. The molecule has 9 heteroatoms. The predicted octanol–water partition coefficient (Wildman–Crippen LogP) is -1.46. The lowest BCUT2D eigenvalue weighted by Gasteiger charge is -2.32. The summed E-state index contributed by atoms with van der Waals surface area (Å²) >= 11 is 0. The highest BCUT2D eigenvalue weighted by molar-refractivity contribution is 7.88.